The quantitative estimate of drug-likeness (QED) is 0.862. The molecule has 1 aromatic rings. The summed E-state index contributed by atoms with van der Waals surface area (Å²) in [6, 6.07) is 8.05. The van der Waals surface area contributed by atoms with Crippen molar-refractivity contribution in [2.45, 2.75) is 46.2 Å². The van der Waals surface area contributed by atoms with Crippen molar-refractivity contribution < 1.29 is 0 Å². The van der Waals surface area contributed by atoms with Gasteiger partial charge in [-0.3, -0.25) is 0 Å². The van der Waals surface area contributed by atoms with Crippen LogP contribution < -0.4 is 10.2 Å². The Balaban J connectivity index is 2.24. The molecule has 1 aromatic carbocycles. The number of piperidine rings is 1. The maximum Gasteiger partial charge on any atom is 0.0398 e. The molecule has 0 aromatic heterocycles. The number of aryl methyl sites for hydroxylation is 2. The summed E-state index contributed by atoms with van der Waals surface area (Å²) in [5.74, 6) is 0.685. The van der Waals surface area contributed by atoms with Crippen molar-refractivity contribution in [3.8, 4) is 0 Å². The lowest BCUT2D eigenvalue weighted by Crippen LogP contribution is -2.53. The summed E-state index contributed by atoms with van der Waals surface area (Å²) >= 11 is 0. The van der Waals surface area contributed by atoms with Gasteiger partial charge in [-0.2, -0.15) is 0 Å². The summed E-state index contributed by atoms with van der Waals surface area (Å²) in [6.07, 6.45) is 1.23. The maximum atomic E-state index is 3.45. The highest BCUT2D eigenvalue weighted by Crippen LogP contribution is 2.31. The Morgan fingerprint density at radius 1 is 1.22 bits per heavy atom. The zero-order valence-corrected chi connectivity index (χ0v) is 12.3. The summed E-state index contributed by atoms with van der Waals surface area (Å²) in [4.78, 5) is 2.58. The minimum Gasteiger partial charge on any atom is -0.368 e. The predicted molar refractivity (Wildman–Crippen MR) is 79.4 cm³/mol. The number of benzene rings is 1. The Hall–Kier alpha value is -1.02. The highest BCUT2D eigenvalue weighted by molar-refractivity contribution is 5.55. The maximum absolute atomic E-state index is 3.45. The van der Waals surface area contributed by atoms with Gasteiger partial charge >= 0.3 is 0 Å². The van der Waals surface area contributed by atoms with E-state index in [2.05, 4.69) is 63.2 Å². The summed E-state index contributed by atoms with van der Waals surface area (Å²) < 4.78 is 0. The molecule has 1 heterocycles. The minimum atomic E-state index is 0.595. The van der Waals surface area contributed by atoms with Crippen LogP contribution in [0.2, 0.25) is 0 Å². The Morgan fingerprint density at radius 3 is 2.56 bits per heavy atom. The molecule has 0 radical (unpaired) electrons. The molecule has 1 saturated heterocycles. The van der Waals surface area contributed by atoms with Crippen LogP contribution in [0.25, 0.3) is 0 Å². The third-order valence-corrected chi connectivity index (χ3v) is 4.60. The van der Waals surface area contributed by atoms with Gasteiger partial charge in [0.1, 0.15) is 0 Å². The van der Waals surface area contributed by atoms with E-state index in [1.54, 1.807) is 0 Å². The van der Waals surface area contributed by atoms with Crippen LogP contribution in [-0.4, -0.2) is 25.7 Å². The van der Waals surface area contributed by atoms with Crippen molar-refractivity contribution in [1.29, 1.82) is 0 Å². The van der Waals surface area contributed by atoms with Crippen molar-refractivity contribution in [2.75, 3.05) is 18.5 Å². The highest BCUT2D eigenvalue weighted by atomic mass is 15.2. The molecule has 2 heteroatoms. The lowest BCUT2D eigenvalue weighted by Gasteiger charge is -2.44. The molecule has 0 bridgehead atoms. The van der Waals surface area contributed by atoms with Crippen LogP contribution in [0, 0.1) is 19.8 Å². The van der Waals surface area contributed by atoms with Crippen LogP contribution in [0.3, 0.4) is 0 Å². The van der Waals surface area contributed by atoms with E-state index >= 15 is 0 Å². The largest absolute Gasteiger partial charge is 0.368 e. The van der Waals surface area contributed by atoms with Gasteiger partial charge in [-0.1, -0.05) is 24.6 Å². The Labute approximate surface area is 111 Å². The van der Waals surface area contributed by atoms with Crippen molar-refractivity contribution in [3.05, 3.63) is 29.3 Å². The summed E-state index contributed by atoms with van der Waals surface area (Å²) in [5, 5.41) is 3.45. The highest BCUT2D eigenvalue weighted by Gasteiger charge is 2.31. The van der Waals surface area contributed by atoms with Crippen LogP contribution in [0.4, 0.5) is 5.69 Å². The molecule has 18 heavy (non-hydrogen) atoms. The van der Waals surface area contributed by atoms with Gasteiger partial charge in [0.25, 0.3) is 0 Å². The van der Waals surface area contributed by atoms with Gasteiger partial charge in [0, 0.05) is 24.3 Å². The molecule has 2 nitrogen and oxygen atoms in total. The number of hydrogen-bond donors (Lipinski definition) is 1. The van der Waals surface area contributed by atoms with E-state index in [1.165, 1.54) is 23.2 Å². The molecule has 3 atom stereocenters. The SMILES string of the molecule is CNC1CCN(c2ccc(C)cc2C)C(C)C1C. The molecule has 0 spiro atoms. The smallest absolute Gasteiger partial charge is 0.0398 e. The van der Waals surface area contributed by atoms with Crippen molar-refractivity contribution in [3.63, 3.8) is 0 Å². The van der Waals surface area contributed by atoms with Crippen LogP contribution in [0.15, 0.2) is 18.2 Å². The number of nitrogens with one attached hydrogen (secondary N) is 1. The average molecular weight is 246 g/mol. The molecular weight excluding hydrogens is 220 g/mol. The van der Waals surface area contributed by atoms with Gasteiger partial charge in [-0.25, -0.2) is 0 Å². The molecule has 1 fully saturated rings. The minimum absolute atomic E-state index is 0.595. The first-order chi connectivity index (χ1) is 8.54. The van der Waals surface area contributed by atoms with E-state index in [1.807, 2.05) is 0 Å². The first-order valence-corrected chi connectivity index (χ1v) is 7.05. The third kappa shape index (κ3) is 2.39. The Bertz CT molecular complexity index is 414. The van der Waals surface area contributed by atoms with Crippen molar-refractivity contribution >= 4 is 5.69 Å². The molecule has 1 aliphatic heterocycles. The second-order valence-electron chi connectivity index (χ2n) is 5.77. The molecule has 0 amide bonds. The molecule has 0 aliphatic carbocycles. The first-order valence-electron chi connectivity index (χ1n) is 7.05. The second-order valence-corrected chi connectivity index (χ2v) is 5.77. The predicted octanol–water partition coefficient (Wildman–Crippen LogP) is 3.13. The van der Waals surface area contributed by atoms with Gasteiger partial charge in [0.2, 0.25) is 0 Å². The van der Waals surface area contributed by atoms with Gasteiger partial charge in [-0.15, -0.1) is 0 Å². The normalized spacial score (nSPS) is 28.5. The standard InChI is InChI=1S/C16H26N2/c1-11-6-7-16(12(2)10-11)18-9-8-15(17-5)13(3)14(18)4/h6-7,10,13-15,17H,8-9H2,1-5H3. The van der Waals surface area contributed by atoms with E-state index in [0.717, 1.165) is 6.54 Å². The first kappa shape index (κ1) is 13.4. The van der Waals surface area contributed by atoms with Gasteiger partial charge in [-0.05, 0) is 51.8 Å². The van der Waals surface area contributed by atoms with Crippen LogP contribution >= 0.6 is 0 Å². The molecule has 2 rings (SSSR count). The van der Waals surface area contributed by atoms with Crippen LogP contribution in [0.1, 0.15) is 31.4 Å². The van der Waals surface area contributed by atoms with Gasteiger partial charge < -0.3 is 10.2 Å². The van der Waals surface area contributed by atoms with E-state index in [-0.39, 0.29) is 0 Å². The van der Waals surface area contributed by atoms with Crippen molar-refractivity contribution in [1.82, 2.24) is 5.32 Å². The van der Waals surface area contributed by atoms with E-state index in [4.69, 9.17) is 0 Å². The Morgan fingerprint density at radius 2 is 1.94 bits per heavy atom. The van der Waals surface area contributed by atoms with Crippen molar-refractivity contribution in [2.24, 2.45) is 5.92 Å². The molecule has 3 unspecified atom stereocenters. The van der Waals surface area contributed by atoms with E-state index in [9.17, 15) is 0 Å². The third-order valence-electron chi connectivity index (χ3n) is 4.60. The summed E-state index contributed by atoms with van der Waals surface area (Å²) in [5.41, 5.74) is 4.16. The molecule has 1 N–H and O–H groups in total. The number of rotatable bonds is 2. The number of anilines is 1. The van der Waals surface area contributed by atoms with Gasteiger partial charge in [0.05, 0.1) is 0 Å². The second kappa shape index (κ2) is 5.31. The van der Waals surface area contributed by atoms with Gasteiger partial charge in [0.15, 0.2) is 0 Å². The fourth-order valence-electron chi connectivity index (χ4n) is 3.24. The zero-order chi connectivity index (χ0) is 13.3. The fourth-order valence-corrected chi connectivity index (χ4v) is 3.24. The van der Waals surface area contributed by atoms with E-state index in [0.29, 0.717) is 18.0 Å². The lowest BCUT2D eigenvalue weighted by atomic mass is 9.86. The fraction of sp³-hybridized carbons (Fsp3) is 0.625. The molecule has 0 saturated carbocycles. The zero-order valence-electron chi connectivity index (χ0n) is 12.3. The van der Waals surface area contributed by atoms with Crippen LogP contribution in [-0.2, 0) is 0 Å². The summed E-state index contributed by atoms with van der Waals surface area (Å²) in [6.45, 7) is 10.3. The number of hydrogen-bond acceptors (Lipinski definition) is 2. The Kier molecular flexibility index (Phi) is 3.96. The summed E-state index contributed by atoms with van der Waals surface area (Å²) in [7, 11) is 2.08. The van der Waals surface area contributed by atoms with Crippen LogP contribution in [0.5, 0.6) is 0 Å². The number of nitrogens with zero attached hydrogens (tertiary/aromatic N) is 1. The molecule has 100 valence electrons. The molecular formula is C16H26N2. The lowest BCUT2D eigenvalue weighted by molar-refractivity contribution is 0.282. The van der Waals surface area contributed by atoms with E-state index < -0.39 is 0 Å². The average Bonchev–Trinajstić information content (AvgIpc) is 2.34. The monoisotopic (exact) mass is 246 g/mol. The topological polar surface area (TPSA) is 15.3 Å². The molecule has 1 aliphatic rings.